The van der Waals surface area contributed by atoms with Gasteiger partial charge >= 0.3 is 0 Å². The predicted octanol–water partition coefficient (Wildman–Crippen LogP) is 1.44. The summed E-state index contributed by atoms with van der Waals surface area (Å²) in [6.45, 7) is 4.09. The van der Waals surface area contributed by atoms with Gasteiger partial charge in [-0.15, -0.1) is 0 Å². The third kappa shape index (κ3) is 3.84. The lowest BCUT2D eigenvalue weighted by molar-refractivity contribution is 0.425. The highest BCUT2D eigenvalue weighted by Crippen LogP contribution is 2.17. The highest BCUT2D eigenvalue weighted by molar-refractivity contribution is 5.42. The van der Waals surface area contributed by atoms with E-state index in [9.17, 15) is 0 Å². The van der Waals surface area contributed by atoms with E-state index in [1.54, 1.807) is 0 Å². The van der Waals surface area contributed by atoms with Crippen LogP contribution in [0.5, 0.6) is 0 Å². The van der Waals surface area contributed by atoms with Crippen molar-refractivity contribution in [3.8, 4) is 0 Å². The first-order chi connectivity index (χ1) is 8.75. The Kier molecular flexibility index (Phi) is 4.75. The monoisotopic (exact) mass is 249 g/mol. The second-order valence-electron chi connectivity index (χ2n) is 5.02. The smallest absolute Gasteiger partial charge is 0.224 e. The minimum Gasteiger partial charge on any atom is -0.356 e. The Labute approximate surface area is 109 Å². The maximum atomic E-state index is 4.58. The number of nitrogens with zero attached hydrogens (tertiary/aromatic N) is 4. The van der Waals surface area contributed by atoms with Crippen LogP contribution in [0.3, 0.4) is 0 Å². The Balaban J connectivity index is 1.91. The minimum atomic E-state index is 0.736. The summed E-state index contributed by atoms with van der Waals surface area (Å²) in [5.41, 5.74) is 0. The maximum Gasteiger partial charge on any atom is 0.224 e. The molecule has 0 unspecified atom stereocenters. The van der Waals surface area contributed by atoms with Crippen molar-refractivity contribution in [1.82, 2.24) is 14.9 Å². The zero-order valence-corrected chi connectivity index (χ0v) is 11.4. The first-order valence-electron chi connectivity index (χ1n) is 6.72. The van der Waals surface area contributed by atoms with Gasteiger partial charge in [-0.05, 0) is 39.4 Å². The molecule has 0 atom stereocenters. The third-order valence-electron chi connectivity index (χ3n) is 3.16. The predicted molar refractivity (Wildman–Crippen MR) is 75.1 cm³/mol. The lowest BCUT2D eigenvalue weighted by Crippen LogP contribution is -2.30. The summed E-state index contributed by atoms with van der Waals surface area (Å²) in [4.78, 5) is 13.3. The van der Waals surface area contributed by atoms with Crippen LogP contribution in [0.4, 0.5) is 11.8 Å². The topological polar surface area (TPSA) is 44.3 Å². The molecule has 1 aromatic rings. The van der Waals surface area contributed by atoms with Crippen LogP contribution in [0.2, 0.25) is 0 Å². The van der Waals surface area contributed by atoms with Gasteiger partial charge in [0.05, 0.1) is 0 Å². The van der Waals surface area contributed by atoms with Gasteiger partial charge in [-0.2, -0.15) is 4.98 Å². The summed E-state index contributed by atoms with van der Waals surface area (Å²) >= 11 is 0. The van der Waals surface area contributed by atoms with Crippen LogP contribution < -0.4 is 10.2 Å². The third-order valence-corrected chi connectivity index (χ3v) is 3.16. The average molecular weight is 249 g/mol. The lowest BCUT2D eigenvalue weighted by Gasteiger charge is -2.27. The fraction of sp³-hybridized carbons (Fsp3) is 0.692. The fourth-order valence-corrected chi connectivity index (χ4v) is 2.12. The molecule has 100 valence electrons. The lowest BCUT2D eigenvalue weighted by atomic mass is 10.1. The number of aromatic nitrogens is 2. The quantitative estimate of drug-likeness (QED) is 0.855. The van der Waals surface area contributed by atoms with E-state index in [1.165, 1.54) is 19.3 Å². The summed E-state index contributed by atoms with van der Waals surface area (Å²) in [6.07, 6.45) is 5.73. The Morgan fingerprint density at radius 3 is 2.78 bits per heavy atom. The SMILES string of the molecule is CN(C)CCNc1nccc(N2CCCCC2)n1. The molecule has 0 bridgehead atoms. The summed E-state index contributed by atoms with van der Waals surface area (Å²) in [6, 6.07) is 2.00. The molecule has 0 saturated carbocycles. The molecule has 0 amide bonds. The van der Waals surface area contributed by atoms with Crippen molar-refractivity contribution < 1.29 is 0 Å². The van der Waals surface area contributed by atoms with Crippen molar-refractivity contribution in [2.24, 2.45) is 0 Å². The van der Waals surface area contributed by atoms with E-state index >= 15 is 0 Å². The van der Waals surface area contributed by atoms with Crippen LogP contribution in [0.25, 0.3) is 0 Å². The van der Waals surface area contributed by atoms with Crippen molar-refractivity contribution in [3.63, 3.8) is 0 Å². The van der Waals surface area contributed by atoms with Crippen molar-refractivity contribution in [1.29, 1.82) is 0 Å². The minimum absolute atomic E-state index is 0.736. The van der Waals surface area contributed by atoms with E-state index in [2.05, 4.69) is 39.2 Å². The maximum absolute atomic E-state index is 4.58. The molecule has 5 nitrogen and oxygen atoms in total. The molecule has 1 aromatic heterocycles. The van der Waals surface area contributed by atoms with Gasteiger partial charge < -0.3 is 15.1 Å². The molecular formula is C13H23N5. The Bertz CT molecular complexity index is 360. The molecule has 1 aliphatic rings. The zero-order valence-electron chi connectivity index (χ0n) is 11.4. The highest BCUT2D eigenvalue weighted by atomic mass is 15.2. The van der Waals surface area contributed by atoms with Crippen LogP contribution in [0, 0.1) is 0 Å². The van der Waals surface area contributed by atoms with Crippen molar-refractivity contribution >= 4 is 11.8 Å². The second-order valence-corrected chi connectivity index (χ2v) is 5.02. The molecule has 0 radical (unpaired) electrons. The zero-order chi connectivity index (χ0) is 12.8. The average Bonchev–Trinajstić information content (AvgIpc) is 2.40. The van der Waals surface area contributed by atoms with Crippen molar-refractivity contribution in [3.05, 3.63) is 12.3 Å². The number of hydrogen-bond acceptors (Lipinski definition) is 5. The molecule has 1 N–H and O–H groups in total. The second kappa shape index (κ2) is 6.54. The van der Waals surface area contributed by atoms with Gasteiger partial charge in [-0.1, -0.05) is 0 Å². The van der Waals surface area contributed by atoms with Gasteiger partial charge in [-0.3, -0.25) is 0 Å². The summed E-state index contributed by atoms with van der Waals surface area (Å²) < 4.78 is 0. The molecule has 0 aromatic carbocycles. The fourth-order valence-electron chi connectivity index (χ4n) is 2.12. The van der Waals surface area contributed by atoms with Crippen LogP contribution in [0.15, 0.2) is 12.3 Å². The van der Waals surface area contributed by atoms with E-state index in [1.807, 2.05) is 12.3 Å². The normalized spacial score (nSPS) is 16.1. The molecule has 1 saturated heterocycles. The summed E-state index contributed by atoms with van der Waals surface area (Å²) in [5.74, 6) is 1.79. The Morgan fingerprint density at radius 1 is 1.28 bits per heavy atom. The van der Waals surface area contributed by atoms with Gasteiger partial charge in [0.1, 0.15) is 5.82 Å². The van der Waals surface area contributed by atoms with Crippen LogP contribution in [0.1, 0.15) is 19.3 Å². The molecule has 1 fully saturated rings. The summed E-state index contributed by atoms with van der Waals surface area (Å²) in [7, 11) is 4.12. The number of anilines is 2. The first kappa shape index (κ1) is 13.1. The van der Waals surface area contributed by atoms with Crippen LogP contribution in [-0.2, 0) is 0 Å². The van der Waals surface area contributed by atoms with E-state index in [4.69, 9.17) is 0 Å². The van der Waals surface area contributed by atoms with Gasteiger partial charge in [0.25, 0.3) is 0 Å². The number of nitrogens with one attached hydrogen (secondary N) is 1. The van der Waals surface area contributed by atoms with Crippen LogP contribution in [-0.4, -0.2) is 55.1 Å². The number of rotatable bonds is 5. The first-order valence-corrected chi connectivity index (χ1v) is 6.72. The van der Waals surface area contributed by atoms with E-state index in [0.717, 1.165) is 37.9 Å². The number of hydrogen-bond donors (Lipinski definition) is 1. The van der Waals surface area contributed by atoms with E-state index < -0.39 is 0 Å². The Hall–Kier alpha value is -1.36. The highest BCUT2D eigenvalue weighted by Gasteiger charge is 2.12. The Morgan fingerprint density at radius 2 is 2.06 bits per heavy atom. The van der Waals surface area contributed by atoms with E-state index in [-0.39, 0.29) is 0 Å². The van der Waals surface area contributed by atoms with Gasteiger partial charge in [-0.25, -0.2) is 4.98 Å². The standard InChI is InChI=1S/C13H23N5/c1-17(2)11-8-15-13-14-7-6-12(16-13)18-9-4-3-5-10-18/h6-7H,3-5,8-11H2,1-2H3,(H,14,15,16). The molecule has 2 heterocycles. The van der Waals surface area contributed by atoms with Crippen molar-refractivity contribution in [2.45, 2.75) is 19.3 Å². The van der Waals surface area contributed by atoms with Gasteiger partial charge in [0, 0.05) is 32.4 Å². The summed E-state index contributed by atoms with van der Waals surface area (Å²) in [5, 5.41) is 3.26. The van der Waals surface area contributed by atoms with Gasteiger partial charge in [0.2, 0.25) is 5.95 Å². The largest absolute Gasteiger partial charge is 0.356 e. The molecular weight excluding hydrogens is 226 g/mol. The molecule has 0 spiro atoms. The number of likely N-dealkylation sites (N-methyl/N-ethyl adjacent to an activating group) is 1. The van der Waals surface area contributed by atoms with Crippen LogP contribution >= 0.6 is 0 Å². The van der Waals surface area contributed by atoms with Crippen molar-refractivity contribution in [2.75, 3.05) is 50.5 Å². The number of piperidine rings is 1. The molecule has 0 aliphatic carbocycles. The molecule has 1 aliphatic heterocycles. The van der Waals surface area contributed by atoms with Gasteiger partial charge in [0.15, 0.2) is 0 Å². The molecule has 2 rings (SSSR count). The van der Waals surface area contributed by atoms with E-state index in [0.29, 0.717) is 0 Å². The molecule has 5 heteroatoms. The molecule has 18 heavy (non-hydrogen) atoms.